The first-order chi connectivity index (χ1) is 9.72. The Bertz CT molecular complexity index is 387. The fourth-order valence-corrected chi connectivity index (χ4v) is 4.27. The molecule has 0 radical (unpaired) electrons. The van der Waals surface area contributed by atoms with E-state index in [0.29, 0.717) is 5.41 Å². The van der Waals surface area contributed by atoms with Crippen LogP contribution in [-0.2, 0) is 0 Å². The molecule has 0 rings (SSSR count). The van der Waals surface area contributed by atoms with E-state index in [0.717, 1.165) is 6.42 Å². The Kier molecular flexibility index (Phi) is 6.34. The Balaban J connectivity index is 6.08. The molecule has 1 N–H and O–H groups in total. The molecule has 1 heteroatoms. The number of hydrogen-bond acceptors (Lipinski definition) is 1. The molecule has 0 heterocycles. The van der Waals surface area contributed by atoms with Gasteiger partial charge in [-0.2, -0.15) is 0 Å². The summed E-state index contributed by atoms with van der Waals surface area (Å²) in [5.41, 5.74) is 1.02. The minimum Gasteiger partial charge on any atom is -0.306 e. The van der Waals surface area contributed by atoms with Crippen molar-refractivity contribution >= 4 is 0 Å². The standard InChI is InChI=1S/C22H47N/c1-15-20(10,11)23-22(14,18(5,6)7)21(12,13)19(8,9)16-17(2,3)4/h23H,15-16H2,1-14H3. The van der Waals surface area contributed by atoms with Crippen molar-refractivity contribution in [3.8, 4) is 0 Å². The third-order valence-corrected chi connectivity index (χ3v) is 6.89. The van der Waals surface area contributed by atoms with Crippen LogP contribution >= 0.6 is 0 Å². The van der Waals surface area contributed by atoms with E-state index in [1.54, 1.807) is 0 Å². The van der Waals surface area contributed by atoms with Crippen molar-refractivity contribution in [2.45, 2.75) is 121 Å². The van der Waals surface area contributed by atoms with E-state index < -0.39 is 0 Å². The highest BCUT2D eigenvalue weighted by atomic mass is 15.1. The van der Waals surface area contributed by atoms with Gasteiger partial charge in [0, 0.05) is 11.1 Å². The average Bonchev–Trinajstić information content (AvgIpc) is 2.23. The SMILES string of the molecule is CCC(C)(C)NC(C)(C(C)(C)C)C(C)(C)C(C)(C)CC(C)(C)C. The van der Waals surface area contributed by atoms with E-state index in [1.165, 1.54) is 6.42 Å². The van der Waals surface area contributed by atoms with Crippen molar-refractivity contribution in [1.29, 1.82) is 0 Å². The second-order valence-corrected chi connectivity index (χ2v) is 12.0. The van der Waals surface area contributed by atoms with Crippen LogP contribution in [0.15, 0.2) is 0 Å². The lowest BCUT2D eigenvalue weighted by Gasteiger charge is -2.62. The maximum atomic E-state index is 4.09. The molecule has 0 aliphatic rings. The van der Waals surface area contributed by atoms with Crippen LogP contribution in [0, 0.1) is 21.7 Å². The maximum Gasteiger partial charge on any atom is 0.0262 e. The molecule has 0 bridgehead atoms. The van der Waals surface area contributed by atoms with Crippen LogP contribution in [0.1, 0.15) is 110 Å². The largest absolute Gasteiger partial charge is 0.306 e. The minimum atomic E-state index is 0.0221. The summed E-state index contributed by atoms with van der Waals surface area (Å²) in [5.74, 6) is 0. The zero-order valence-electron chi connectivity index (χ0n) is 18.9. The van der Waals surface area contributed by atoms with Gasteiger partial charge in [-0.15, -0.1) is 0 Å². The van der Waals surface area contributed by atoms with Crippen LogP contribution in [-0.4, -0.2) is 11.1 Å². The van der Waals surface area contributed by atoms with Crippen molar-refractivity contribution in [2.24, 2.45) is 21.7 Å². The molecule has 1 nitrogen and oxygen atoms in total. The Hall–Kier alpha value is -0.0400. The molecule has 0 aromatic rings. The van der Waals surface area contributed by atoms with Crippen molar-refractivity contribution in [1.82, 2.24) is 5.32 Å². The summed E-state index contributed by atoms with van der Waals surface area (Å²) < 4.78 is 0. The van der Waals surface area contributed by atoms with Gasteiger partial charge in [0.1, 0.15) is 0 Å². The topological polar surface area (TPSA) is 12.0 Å². The molecule has 0 saturated heterocycles. The van der Waals surface area contributed by atoms with Crippen LogP contribution < -0.4 is 5.32 Å². The highest BCUT2D eigenvalue weighted by Crippen LogP contribution is 2.57. The molecule has 0 aliphatic heterocycles. The second kappa shape index (κ2) is 6.36. The molecule has 23 heavy (non-hydrogen) atoms. The summed E-state index contributed by atoms with van der Waals surface area (Å²) in [5, 5.41) is 4.09. The quantitative estimate of drug-likeness (QED) is 0.551. The van der Waals surface area contributed by atoms with Crippen molar-refractivity contribution in [2.75, 3.05) is 0 Å². The molecule has 0 fully saturated rings. The summed E-state index contributed by atoms with van der Waals surface area (Å²) in [6.45, 7) is 33.5. The van der Waals surface area contributed by atoms with Crippen LogP contribution in [0.4, 0.5) is 0 Å². The Morgan fingerprint density at radius 1 is 0.652 bits per heavy atom. The van der Waals surface area contributed by atoms with Crippen LogP contribution in [0.5, 0.6) is 0 Å². The Labute approximate surface area is 148 Å². The van der Waals surface area contributed by atoms with Crippen LogP contribution in [0.2, 0.25) is 0 Å². The average molecular weight is 326 g/mol. The molecule has 0 spiro atoms. The molecular weight excluding hydrogens is 278 g/mol. The van der Waals surface area contributed by atoms with Gasteiger partial charge in [0.2, 0.25) is 0 Å². The van der Waals surface area contributed by atoms with Gasteiger partial charge in [-0.05, 0) is 55.3 Å². The van der Waals surface area contributed by atoms with Gasteiger partial charge in [-0.1, -0.05) is 76.2 Å². The Morgan fingerprint density at radius 3 is 1.30 bits per heavy atom. The minimum absolute atomic E-state index is 0.0221. The van der Waals surface area contributed by atoms with Gasteiger partial charge in [0.15, 0.2) is 0 Å². The second-order valence-electron chi connectivity index (χ2n) is 12.0. The Morgan fingerprint density at radius 2 is 1.04 bits per heavy atom. The van der Waals surface area contributed by atoms with E-state index in [9.17, 15) is 0 Å². The summed E-state index contributed by atoms with van der Waals surface area (Å²) >= 11 is 0. The lowest BCUT2D eigenvalue weighted by molar-refractivity contribution is -0.0857. The normalized spacial score (nSPS) is 18.0. The third-order valence-electron chi connectivity index (χ3n) is 6.89. The van der Waals surface area contributed by atoms with Crippen molar-refractivity contribution in [3.05, 3.63) is 0 Å². The number of nitrogens with one attached hydrogen (secondary N) is 1. The van der Waals surface area contributed by atoms with E-state index in [4.69, 9.17) is 0 Å². The molecule has 0 aromatic carbocycles. The molecule has 140 valence electrons. The van der Waals surface area contributed by atoms with E-state index in [1.807, 2.05) is 0 Å². The first kappa shape index (κ1) is 23.0. The first-order valence-corrected chi connectivity index (χ1v) is 9.52. The number of rotatable bonds is 6. The van der Waals surface area contributed by atoms with Crippen LogP contribution in [0.25, 0.3) is 0 Å². The number of hydrogen-bond donors (Lipinski definition) is 1. The highest BCUT2D eigenvalue weighted by molar-refractivity contribution is 5.12. The molecule has 0 amide bonds. The van der Waals surface area contributed by atoms with Gasteiger partial charge >= 0.3 is 0 Å². The fourth-order valence-electron chi connectivity index (χ4n) is 4.27. The monoisotopic (exact) mass is 325 g/mol. The highest BCUT2D eigenvalue weighted by Gasteiger charge is 2.57. The lowest BCUT2D eigenvalue weighted by Crippen LogP contribution is -2.70. The molecule has 1 atom stereocenters. The lowest BCUT2D eigenvalue weighted by atomic mass is 9.48. The molecule has 0 aromatic heterocycles. The molecule has 0 saturated carbocycles. The zero-order chi connectivity index (χ0) is 19.1. The van der Waals surface area contributed by atoms with Gasteiger partial charge in [-0.3, -0.25) is 0 Å². The van der Waals surface area contributed by atoms with Gasteiger partial charge < -0.3 is 5.32 Å². The first-order valence-electron chi connectivity index (χ1n) is 9.52. The third kappa shape index (κ3) is 4.97. The predicted octanol–water partition coefficient (Wildman–Crippen LogP) is 7.06. The predicted molar refractivity (Wildman–Crippen MR) is 107 cm³/mol. The maximum absolute atomic E-state index is 4.09. The summed E-state index contributed by atoms with van der Waals surface area (Å²) in [4.78, 5) is 0. The summed E-state index contributed by atoms with van der Waals surface area (Å²) in [7, 11) is 0. The summed E-state index contributed by atoms with van der Waals surface area (Å²) in [6.07, 6.45) is 2.35. The van der Waals surface area contributed by atoms with Gasteiger partial charge in [-0.25, -0.2) is 0 Å². The van der Waals surface area contributed by atoms with E-state index in [2.05, 4.69) is 102 Å². The fraction of sp³-hybridized carbons (Fsp3) is 1.00. The van der Waals surface area contributed by atoms with Crippen LogP contribution in [0.3, 0.4) is 0 Å². The van der Waals surface area contributed by atoms with Crippen molar-refractivity contribution < 1.29 is 0 Å². The van der Waals surface area contributed by atoms with Gasteiger partial charge in [0.25, 0.3) is 0 Å². The molecule has 1 unspecified atom stereocenters. The van der Waals surface area contributed by atoms with Crippen molar-refractivity contribution in [3.63, 3.8) is 0 Å². The summed E-state index contributed by atoms with van der Waals surface area (Å²) in [6, 6.07) is 0. The van der Waals surface area contributed by atoms with Gasteiger partial charge in [0.05, 0.1) is 0 Å². The van der Waals surface area contributed by atoms with E-state index in [-0.39, 0.29) is 27.3 Å². The zero-order valence-corrected chi connectivity index (χ0v) is 18.9. The van der Waals surface area contributed by atoms with E-state index >= 15 is 0 Å². The molecule has 0 aliphatic carbocycles. The smallest absolute Gasteiger partial charge is 0.0262 e. The molecular formula is C22H47N.